The summed E-state index contributed by atoms with van der Waals surface area (Å²) in [4.78, 5) is 29.8. The average molecular weight is 802 g/mol. The van der Waals surface area contributed by atoms with E-state index in [0.717, 1.165) is 28.0 Å². The van der Waals surface area contributed by atoms with E-state index in [9.17, 15) is 23.1 Å². The normalized spacial score (nSPS) is 12.5. The van der Waals surface area contributed by atoms with Gasteiger partial charge in [0.1, 0.15) is 39.7 Å². The molecule has 1 amide bonds. The number of esters is 1. The van der Waals surface area contributed by atoms with Crippen LogP contribution in [0.4, 0.5) is 20.0 Å². The van der Waals surface area contributed by atoms with Crippen LogP contribution in [-0.2, 0) is 30.8 Å². The molecule has 0 saturated carbocycles. The molecule has 3 aromatic rings. The van der Waals surface area contributed by atoms with Crippen LogP contribution in [0.15, 0.2) is 41.6 Å². The molecule has 14 nitrogen and oxygen atoms in total. The zero-order valence-electron chi connectivity index (χ0n) is 31.3. The molecule has 0 unspecified atom stereocenters. The van der Waals surface area contributed by atoms with Crippen molar-refractivity contribution in [2.24, 2.45) is 0 Å². The summed E-state index contributed by atoms with van der Waals surface area (Å²) >= 11 is 7.31. The van der Waals surface area contributed by atoms with Gasteiger partial charge in [-0.05, 0) is 85.1 Å². The van der Waals surface area contributed by atoms with E-state index in [1.165, 1.54) is 25.4 Å². The van der Waals surface area contributed by atoms with E-state index in [0.29, 0.717) is 36.4 Å². The molecule has 3 rings (SSSR count). The number of aliphatic hydroxyl groups excluding tert-OH is 1. The van der Waals surface area contributed by atoms with Gasteiger partial charge in [-0.15, -0.1) is 0 Å². The highest BCUT2D eigenvalue weighted by Crippen LogP contribution is 2.35. The predicted molar refractivity (Wildman–Crippen MR) is 201 cm³/mol. The minimum Gasteiger partial charge on any atom is -0.497 e. The van der Waals surface area contributed by atoms with Gasteiger partial charge in [0.2, 0.25) is 5.13 Å². The third-order valence-corrected chi connectivity index (χ3v) is 10.2. The maximum atomic E-state index is 15.6. The number of benzene rings is 2. The SMILES string of the molecule is COc1ccc(CN(c2ncns2)S(=O)(=O)c2cc(Cl)c(NCCCCN(C[C@@H](O)CCC(=O)OC(C)(C)C)C(=O)OC(C)(C)C)cc2F)c(OC)c1. The summed E-state index contributed by atoms with van der Waals surface area (Å²) in [5, 5.41) is 13.6. The van der Waals surface area contributed by atoms with Crippen LogP contribution in [0.1, 0.15) is 72.8 Å². The number of nitrogens with zero attached hydrogens (tertiary/aromatic N) is 4. The Morgan fingerprint density at radius 3 is 2.34 bits per heavy atom. The summed E-state index contributed by atoms with van der Waals surface area (Å²) in [5.74, 6) is -0.626. The maximum Gasteiger partial charge on any atom is 0.410 e. The number of rotatable bonds is 18. The second-order valence-corrected chi connectivity index (χ2v) is 17.0. The van der Waals surface area contributed by atoms with Gasteiger partial charge in [0.25, 0.3) is 10.0 Å². The predicted octanol–water partition coefficient (Wildman–Crippen LogP) is 6.66. The number of carbonyl (C=O) groups excluding carboxylic acids is 2. The molecule has 0 aliphatic carbocycles. The molecular weight excluding hydrogens is 753 g/mol. The van der Waals surface area contributed by atoms with Crippen molar-refractivity contribution in [2.45, 2.75) is 96.0 Å². The summed E-state index contributed by atoms with van der Waals surface area (Å²) < 4.78 is 69.9. The first-order valence-electron chi connectivity index (χ1n) is 16.8. The van der Waals surface area contributed by atoms with Gasteiger partial charge >= 0.3 is 12.1 Å². The molecule has 294 valence electrons. The van der Waals surface area contributed by atoms with Crippen molar-refractivity contribution in [3.05, 3.63) is 53.1 Å². The third-order valence-electron chi connectivity index (χ3n) is 7.32. The largest absolute Gasteiger partial charge is 0.497 e. The Balaban J connectivity index is 1.68. The summed E-state index contributed by atoms with van der Waals surface area (Å²) in [7, 11) is -1.62. The molecular formula is C35H49ClFN5O9S2. The standard InChI is InChI=1S/C35H49ClFN5O9S2/c1-34(2,3)50-31(44)14-12-24(43)21-41(33(45)51-35(4,5)6)16-10-9-15-38-28-19-27(37)30(18-26(28)36)53(46,47)42(32-39-22-40-52-32)20-23-11-13-25(48-7)17-29(23)49-8/h11,13,17-19,22,24,38,43H,9-10,12,14-16,20-21H2,1-8H3/t24-/m0/s1. The number of hydrogen-bond acceptors (Lipinski definition) is 13. The first-order valence-corrected chi connectivity index (χ1v) is 19.4. The van der Waals surface area contributed by atoms with E-state index in [2.05, 4.69) is 14.7 Å². The molecule has 0 aliphatic heterocycles. The van der Waals surface area contributed by atoms with Crippen LogP contribution in [0.3, 0.4) is 0 Å². The number of amides is 1. The molecule has 0 spiro atoms. The fourth-order valence-corrected chi connectivity index (χ4v) is 7.41. The minimum absolute atomic E-state index is 0.0107. The number of carbonyl (C=O) groups is 2. The smallest absolute Gasteiger partial charge is 0.410 e. The molecule has 0 fully saturated rings. The van der Waals surface area contributed by atoms with Crippen LogP contribution >= 0.6 is 23.1 Å². The Labute approximate surface area is 319 Å². The van der Waals surface area contributed by atoms with Crippen molar-refractivity contribution in [3.8, 4) is 11.5 Å². The Morgan fingerprint density at radius 2 is 1.74 bits per heavy atom. The van der Waals surface area contributed by atoms with Crippen molar-refractivity contribution in [2.75, 3.05) is 43.5 Å². The number of aromatic nitrogens is 2. The lowest BCUT2D eigenvalue weighted by Crippen LogP contribution is -2.41. The molecule has 0 saturated heterocycles. The monoisotopic (exact) mass is 801 g/mol. The molecule has 0 bridgehead atoms. The second kappa shape index (κ2) is 18.9. The van der Waals surface area contributed by atoms with Crippen LogP contribution < -0.4 is 19.1 Å². The van der Waals surface area contributed by atoms with Crippen molar-refractivity contribution < 1.29 is 46.5 Å². The number of ether oxygens (including phenoxy) is 4. The topological polar surface area (TPSA) is 170 Å². The van der Waals surface area contributed by atoms with Crippen LogP contribution in [0, 0.1) is 5.82 Å². The molecule has 53 heavy (non-hydrogen) atoms. The lowest BCUT2D eigenvalue weighted by Gasteiger charge is -2.29. The van der Waals surface area contributed by atoms with Gasteiger partial charge in [-0.3, -0.25) is 4.79 Å². The highest BCUT2D eigenvalue weighted by atomic mass is 35.5. The van der Waals surface area contributed by atoms with E-state index < -0.39 is 50.1 Å². The van der Waals surface area contributed by atoms with E-state index in [4.69, 9.17) is 30.5 Å². The lowest BCUT2D eigenvalue weighted by atomic mass is 10.1. The van der Waals surface area contributed by atoms with Crippen LogP contribution in [0.2, 0.25) is 5.02 Å². The number of halogens is 2. The maximum absolute atomic E-state index is 15.6. The summed E-state index contributed by atoms with van der Waals surface area (Å²) in [5.41, 5.74) is -0.778. The summed E-state index contributed by atoms with van der Waals surface area (Å²) in [6, 6.07) is 6.94. The molecule has 1 heterocycles. The number of anilines is 2. The highest BCUT2D eigenvalue weighted by molar-refractivity contribution is 7.93. The van der Waals surface area contributed by atoms with Gasteiger partial charge in [-0.1, -0.05) is 11.6 Å². The summed E-state index contributed by atoms with van der Waals surface area (Å²) in [6.07, 6.45) is 0.621. The van der Waals surface area contributed by atoms with Gasteiger partial charge in [0, 0.05) is 49.2 Å². The Morgan fingerprint density at radius 1 is 1.04 bits per heavy atom. The highest BCUT2D eigenvalue weighted by Gasteiger charge is 2.32. The van der Waals surface area contributed by atoms with Gasteiger partial charge in [-0.2, -0.15) is 4.37 Å². The molecule has 1 atom stereocenters. The Bertz CT molecular complexity index is 1790. The third kappa shape index (κ3) is 13.5. The fourth-order valence-electron chi connectivity index (χ4n) is 4.91. The van der Waals surface area contributed by atoms with Crippen LogP contribution in [0.25, 0.3) is 0 Å². The molecule has 2 aromatic carbocycles. The Hall–Kier alpha value is -3.93. The average Bonchev–Trinajstić information content (AvgIpc) is 3.59. The first-order chi connectivity index (χ1) is 24.7. The lowest BCUT2D eigenvalue weighted by molar-refractivity contribution is -0.155. The van der Waals surface area contributed by atoms with Crippen molar-refractivity contribution in [3.63, 3.8) is 0 Å². The quantitative estimate of drug-likeness (QED) is 0.104. The zero-order chi connectivity index (χ0) is 39.6. The molecule has 2 N–H and O–H groups in total. The van der Waals surface area contributed by atoms with E-state index in [1.807, 2.05) is 0 Å². The van der Waals surface area contributed by atoms with Gasteiger partial charge in [0.05, 0.1) is 37.6 Å². The Kier molecular flexibility index (Phi) is 15.5. The minimum atomic E-state index is -4.55. The van der Waals surface area contributed by atoms with E-state index in [-0.39, 0.29) is 48.3 Å². The number of unbranched alkanes of at least 4 members (excludes halogenated alkanes) is 1. The number of nitrogens with one attached hydrogen (secondary N) is 1. The van der Waals surface area contributed by atoms with Crippen LogP contribution in [-0.4, -0.2) is 91.0 Å². The van der Waals surface area contributed by atoms with Gasteiger partial charge < -0.3 is 34.3 Å². The summed E-state index contributed by atoms with van der Waals surface area (Å²) in [6.45, 7) is 10.7. The van der Waals surface area contributed by atoms with Crippen molar-refractivity contribution in [1.29, 1.82) is 0 Å². The second-order valence-electron chi connectivity index (χ2n) is 14.0. The number of aliphatic hydroxyl groups is 1. The van der Waals surface area contributed by atoms with Crippen molar-refractivity contribution >= 4 is 56.0 Å². The molecule has 0 radical (unpaired) electrons. The van der Waals surface area contributed by atoms with Crippen LogP contribution in [0.5, 0.6) is 11.5 Å². The fraction of sp³-hybridized carbons (Fsp3) is 0.543. The first kappa shape index (κ1) is 43.5. The number of sulfonamides is 1. The molecule has 1 aromatic heterocycles. The molecule has 0 aliphatic rings. The zero-order valence-corrected chi connectivity index (χ0v) is 33.7. The van der Waals surface area contributed by atoms with E-state index in [1.54, 1.807) is 59.7 Å². The van der Waals surface area contributed by atoms with Crippen molar-refractivity contribution in [1.82, 2.24) is 14.3 Å². The van der Waals surface area contributed by atoms with E-state index >= 15 is 4.39 Å². The van der Waals surface area contributed by atoms with Gasteiger partial charge in [0.15, 0.2) is 0 Å². The number of hydrogen-bond donors (Lipinski definition) is 2. The van der Waals surface area contributed by atoms with Gasteiger partial charge in [-0.25, -0.2) is 26.9 Å². The molecule has 18 heteroatoms. The number of methoxy groups -OCH3 is 2.